The van der Waals surface area contributed by atoms with Crippen LogP contribution in [0.25, 0.3) is 0 Å². The normalized spacial score (nSPS) is 19.4. The van der Waals surface area contributed by atoms with Gasteiger partial charge >= 0.3 is 0 Å². The number of unbranched alkanes of at least 4 members (excludes halogenated alkanes) is 1. The molecule has 0 aromatic heterocycles. The number of hydrogen-bond donors (Lipinski definition) is 1. The third-order valence-corrected chi connectivity index (χ3v) is 3.38. The van der Waals surface area contributed by atoms with Gasteiger partial charge in [-0.05, 0) is 23.0 Å². The maximum absolute atomic E-state index is 2.34. The molecule has 1 rings (SSSR count). The average molecular weight is 142 g/mol. The highest BCUT2D eigenvalue weighted by molar-refractivity contribution is 8.22. The van der Waals surface area contributed by atoms with Crippen molar-refractivity contribution in [3.63, 3.8) is 0 Å². The Morgan fingerprint density at radius 1 is 1.22 bits per heavy atom. The van der Waals surface area contributed by atoms with Crippen LogP contribution in [0.3, 0.4) is 0 Å². The van der Waals surface area contributed by atoms with Gasteiger partial charge in [0.15, 0.2) is 0 Å². The van der Waals surface area contributed by atoms with E-state index in [9.17, 15) is 0 Å². The fraction of sp³-hybridized carbons (Fsp3) is 0.500. The van der Waals surface area contributed by atoms with Crippen LogP contribution in [0.2, 0.25) is 0 Å². The first-order valence-corrected chi connectivity index (χ1v) is 5.20. The van der Waals surface area contributed by atoms with Crippen molar-refractivity contribution in [1.82, 2.24) is 0 Å². The Kier molecular flexibility index (Phi) is 2.92. The largest absolute Gasteiger partial charge is 0.213 e. The summed E-state index contributed by atoms with van der Waals surface area (Å²) in [5.74, 6) is 1.40. The van der Waals surface area contributed by atoms with Crippen LogP contribution in [0.15, 0.2) is 23.0 Å². The summed E-state index contributed by atoms with van der Waals surface area (Å²) in [4.78, 5) is 0. The third-order valence-electron chi connectivity index (χ3n) is 1.44. The molecule has 1 heterocycles. The minimum atomic E-state index is 0.188. The van der Waals surface area contributed by atoms with Crippen LogP contribution < -0.4 is 0 Å². The van der Waals surface area contributed by atoms with Crippen molar-refractivity contribution in [3.05, 3.63) is 23.0 Å². The van der Waals surface area contributed by atoms with E-state index in [4.69, 9.17) is 0 Å². The quantitative estimate of drug-likeness (QED) is 0.575. The molecule has 0 amide bonds. The van der Waals surface area contributed by atoms with Crippen molar-refractivity contribution >= 4 is 10.9 Å². The van der Waals surface area contributed by atoms with E-state index >= 15 is 0 Å². The molecule has 0 aliphatic carbocycles. The highest BCUT2D eigenvalue weighted by Crippen LogP contribution is 2.33. The highest BCUT2D eigenvalue weighted by Gasteiger charge is 1.95. The lowest BCUT2D eigenvalue weighted by molar-refractivity contribution is 0.896. The SMILES string of the molecule is CCCC[SH]1C=CC=C1. The lowest BCUT2D eigenvalue weighted by Crippen LogP contribution is -1.79. The van der Waals surface area contributed by atoms with Crippen LogP contribution in [-0.2, 0) is 0 Å². The molecule has 0 saturated carbocycles. The van der Waals surface area contributed by atoms with Gasteiger partial charge in [-0.15, -0.1) is 0 Å². The predicted octanol–water partition coefficient (Wildman–Crippen LogP) is 2.83. The topological polar surface area (TPSA) is 0 Å². The predicted molar refractivity (Wildman–Crippen MR) is 47.0 cm³/mol. The van der Waals surface area contributed by atoms with Gasteiger partial charge in [0.1, 0.15) is 0 Å². The smallest absolute Gasteiger partial charge is 0.0185 e. The average Bonchev–Trinajstić information content (AvgIpc) is 2.34. The standard InChI is InChI=1S/C8H14S/c1-2-3-6-9-7-4-5-8-9/h4-5,7-9H,2-3,6H2,1H3. The molecule has 0 N–H and O–H groups in total. The zero-order valence-electron chi connectivity index (χ0n) is 5.88. The summed E-state index contributed by atoms with van der Waals surface area (Å²) in [6.07, 6.45) is 7.06. The Balaban J connectivity index is 2.13. The first kappa shape index (κ1) is 6.94. The second-order valence-corrected chi connectivity index (χ2v) is 4.35. The molecule has 52 valence electrons. The summed E-state index contributed by atoms with van der Waals surface area (Å²) in [6.45, 7) is 2.25. The van der Waals surface area contributed by atoms with Gasteiger partial charge in [0.2, 0.25) is 0 Å². The molecule has 0 saturated heterocycles. The van der Waals surface area contributed by atoms with Gasteiger partial charge in [0.25, 0.3) is 0 Å². The van der Waals surface area contributed by atoms with Gasteiger partial charge in [-0.2, -0.15) is 0 Å². The summed E-state index contributed by atoms with van der Waals surface area (Å²) in [7, 11) is 0.188. The van der Waals surface area contributed by atoms with E-state index in [1.54, 1.807) is 0 Å². The van der Waals surface area contributed by atoms with Crippen LogP contribution in [0.1, 0.15) is 19.8 Å². The molecular weight excluding hydrogens is 128 g/mol. The first-order valence-electron chi connectivity index (χ1n) is 3.54. The minimum absolute atomic E-state index is 0.188. The van der Waals surface area contributed by atoms with Crippen molar-refractivity contribution < 1.29 is 0 Å². The van der Waals surface area contributed by atoms with Gasteiger partial charge in [-0.3, -0.25) is 0 Å². The molecule has 0 radical (unpaired) electrons. The van der Waals surface area contributed by atoms with E-state index in [-0.39, 0.29) is 10.9 Å². The van der Waals surface area contributed by atoms with Crippen LogP contribution >= 0.6 is 10.9 Å². The van der Waals surface area contributed by atoms with E-state index in [0.717, 1.165) is 0 Å². The summed E-state index contributed by atoms with van der Waals surface area (Å²) in [5, 5.41) is 4.68. The lowest BCUT2D eigenvalue weighted by atomic mass is 10.4. The van der Waals surface area contributed by atoms with E-state index < -0.39 is 0 Å². The molecule has 1 aliphatic heterocycles. The summed E-state index contributed by atoms with van der Waals surface area (Å²) < 4.78 is 0. The van der Waals surface area contributed by atoms with Crippen molar-refractivity contribution in [2.24, 2.45) is 0 Å². The third kappa shape index (κ3) is 2.27. The van der Waals surface area contributed by atoms with Crippen LogP contribution in [-0.4, -0.2) is 5.75 Å². The van der Waals surface area contributed by atoms with Crippen molar-refractivity contribution in [2.75, 3.05) is 5.75 Å². The fourth-order valence-electron chi connectivity index (χ4n) is 0.860. The molecule has 1 heteroatoms. The molecule has 0 bridgehead atoms. The van der Waals surface area contributed by atoms with E-state index in [1.807, 2.05) is 0 Å². The molecule has 0 atom stereocenters. The monoisotopic (exact) mass is 142 g/mol. The molecule has 0 aromatic carbocycles. The van der Waals surface area contributed by atoms with E-state index in [2.05, 4.69) is 29.9 Å². The van der Waals surface area contributed by atoms with Crippen molar-refractivity contribution in [1.29, 1.82) is 0 Å². The van der Waals surface area contributed by atoms with Gasteiger partial charge in [-0.1, -0.05) is 25.5 Å². The lowest BCUT2D eigenvalue weighted by Gasteiger charge is -2.06. The highest BCUT2D eigenvalue weighted by atomic mass is 32.2. The van der Waals surface area contributed by atoms with Gasteiger partial charge in [-0.25, -0.2) is 10.9 Å². The number of rotatable bonds is 3. The number of thiol groups is 1. The molecule has 0 aromatic rings. The Labute approximate surface area is 60.0 Å². The van der Waals surface area contributed by atoms with E-state index in [1.165, 1.54) is 18.6 Å². The maximum atomic E-state index is 2.34. The molecule has 0 unspecified atom stereocenters. The Hall–Kier alpha value is -0.170. The Morgan fingerprint density at radius 2 is 1.89 bits per heavy atom. The second-order valence-electron chi connectivity index (χ2n) is 2.27. The molecule has 0 nitrogen and oxygen atoms in total. The minimum Gasteiger partial charge on any atom is -0.213 e. The van der Waals surface area contributed by atoms with Crippen molar-refractivity contribution in [2.45, 2.75) is 19.8 Å². The van der Waals surface area contributed by atoms with E-state index in [0.29, 0.717) is 0 Å². The van der Waals surface area contributed by atoms with Crippen LogP contribution in [0, 0.1) is 0 Å². The van der Waals surface area contributed by atoms with Crippen LogP contribution in [0.4, 0.5) is 0 Å². The summed E-state index contributed by atoms with van der Waals surface area (Å²) in [5.41, 5.74) is 0. The van der Waals surface area contributed by atoms with Crippen molar-refractivity contribution in [3.8, 4) is 0 Å². The molecule has 0 fully saturated rings. The summed E-state index contributed by atoms with van der Waals surface area (Å²) in [6, 6.07) is 0. The zero-order valence-corrected chi connectivity index (χ0v) is 6.77. The maximum Gasteiger partial charge on any atom is -0.0185 e. The fourth-order valence-corrected chi connectivity index (χ4v) is 2.58. The summed E-state index contributed by atoms with van der Waals surface area (Å²) >= 11 is 0. The Bertz CT molecular complexity index is 113. The number of hydrogen-bond acceptors (Lipinski definition) is 0. The molecular formula is C8H14S. The zero-order chi connectivity index (χ0) is 6.53. The molecule has 9 heavy (non-hydrogen) atoms. The first-order chi connectivity index (χ1) is 4.43. The number of allylic oxidation sites excluding steroid dienone is 2. The molecule has 0 spiro atoms. The van der Waals surface area contributed by atoms with Crippen LogP contribution in [0.5, 0.6) is 0 Å². The van der Waals surface area contributed by atoms with Gasteiger partial charge < -0.3 is 0 Å². The Morgan fingerprint density at radius 3 is 2.44 bits per heavy atom. The van der Waals surface area contributed by atoms with Gasteiger partial charge in [0.05, 0.1) is 0 Å². The molecule has 1 aliphatic rings. The second kappa shape index (κ2) is 3.78. The van der Waals surface area contributed by atoms with Gasteiger partial charge in [0, 0.05) is 0 Å².